The van der Waals surface area contributed by atoms with E-state index in [1.165, 1.54) is 12.4 Å². The maximum atomic E-state index is 14.2. The van der Waals surface area contributed by atoms with Gasteiger partial charge in [0, 0.05) is 47.3 Å². The van der Waals surface area contributed by atoms with Crippen LogP contribution in [0.15, 0.2) is 46.5 Å². The molecule has 0 aromatic heterocycles. The van der Waals surface area contributed by atoms with Crippen LogP contribution in [0.2, 0.25) is 10.0 Å². The lowest BCUT2D eigenvalue weighted by Crippen LogP contribution is -2.42. The molecule has 5 nitrogen and oxygen atoms in total. The van der Waals surface area contributed by atoms with Crippen molar-refractivity contribution >= 4 is 41.2 Å². The Hall–Kier alpha value is -2.58. The van der Waals surface area contributed by atoms with Gasteiger partial charge >= 0.3 is 6.18 Å². The Balaban J connectivity index is 2.01. The van der Waals surface area contributed by atoms with Crippen LogP contribution in [0.25, 0.3) is 0 Å². The first-order chi connectivity index (χ1) is 14.4. The molecule has 0 N–H and O–H groups in total. The Morgan fingerprint density at radius 3 is 2.45 bits per heavy atom. The van der Waals surface area contributed by atoms with E-state index >= 15 is 0 Å². The molecule has 0 saturated carbocycles. The number of alkyl halides is 3. The van der Waals surface area contributed by atoms with Crippen LogP contribution >= 0.6 is 23.2 Å². The van der Waals surface area contributed by atoms with Crippen LogP contribution in [-0.4, -0.2) is 43.1 Å². The van der Waals surface area contributed by atoms with Crippen molar-refractivity contribution in [2.45, 2.75) is 25.1 Å². The van der Waals surface area contributed by atoms with E-state index in [0.29, 0.717) is 11.1 Å². The van der Waals surface area contributed by atoms with Crippen molar-refractivity contribution in [3.05, 3.63) is 68.7 Å². The summed E-state index contributed by atoms with van der Waals surface area (Å²) >= 11 is 11.9. The largest absolute Gasteiger partial charge is 0.435 e. The van der Waals surface area contributed by atoms with E-state index in [2.05, 4.69) is 10.1 Å². The standard InChI is InChI=1S/C21H18Cl2F3N3O2/c1-12-16(5-4-6-17(12)19(30)27-11-29(2)3)18-10-20(31-28-18,21(24,25)26)13-7-14(22)9-15(23)8-13/h4-9,11H,10H2,1-3H3. The highest BCUT2D eigenvalue weighted by Gasteiger charge is 2.62. The Bertz CT molecular complexity index is 1060. The van der Waals surface area contributed by atoms with Crippen molar-refractivity contribution in [1.29, 1.82) is 0 Å². The van der Waals surface area contributed by atoms with Crippen LogP contribution < -0.4 is 0 Å². The zero-order valence-corrected chi connectivity index (χ0v) is 18.3. The van der Waals surface area contributed by atoms with Crippen LogP contribution in [0, 0.1) is 6.92 Å². The summed E-state index contributed by atoms with van der Waals surface area (Å²) in [4.78, 5) is 22.9. The number of carbonyl (C=O) groups excluding carboxylic acids is 1. The summed E-state index contributed by atoms with van der Waals surface area (Å²) < 4.78 is 42.5. The van der Waals surface area contributed by atoms with Gasteiger partial charge in [0.15, 0.2) is 0 Å². The Labute approximate surface area is 187 Å². The van der Waals surface area contributed by atoms with Gasteiger partial charge in [0.1, 0.15) is 0 Å². The molecule has 0 aliphatic carbocycles. The van der Waals surface area contributed by atoms with Crippen molar-refractivity contribution in [3.63, 3.8) is 0 Å². The van der Waals surface area contributed by atoms with Gasteiger partial charge in [0.05, 0.1) is 12.1 Å². The number of aliphatic imine (C=N–C) groups is 1. The SMILES string of the molecule is Cc1c(C(=O)N=CN(C)C)cccc1C1=NOC(c2cc(Cl)cc(Cl)c2)(C(F)(F)F)C1. The van der Waals surface area contributed by atoms with Gasteiger partial charge in [0.2, 0.25) is 0 Å². The number of nitrogens with zero attached hydrogens (tertiary/aromatic N) is 3. The van der Waals surface area contributed by atoms with E-state index in [0.717, 1.165) is 12.1 Å². The number of oxime groups is 1. The fourth-order valence-electron chi connectivity index (χ4n) is 3.25. The van der Waals surface area contributed by atoms with E-state index in [1.807, 2.05) is 0 Å². The summed E-state index contributed by atoms with van der Waals surface area (Å²) in [7, 11) is 3.42. The molecule has 1 atom stereocenters. The molecule has 0 bridgehead atoms. The smallest absolute Gasteiger partial charge is 0.374 e. The van der Waals surface area contributed by atoms with Gasteiger partial charge in [-0.1, -0.05) is 40.5 Å². The highest BCUT2D eigenvalue weighted by atomic mass is 35.5. The first-order valence-electron chi connectivity index (χ1n) is 9.08. The van der Waals surface area contributed by atoms with E-state index < -0.39 is 24.1 Å². The summed E-state index contributed by atoms with van der Waals surface area (Å²) in [6.45, 7) is 1.63. The highest BCUT2D eigenvalue weighted by Crippen LogP contribution is 2.49. The summed E-state index contributed by atoms with van der Waals surface area (Å²) in [5.41, 5.74) is -1.87. The number of hydrogen-bond acceptors (Lipinski definition) is 3. The van der Waals surface area contributed by atoms with Gasteiger partial charge in [-0.05, 0) is 36.8 Å². The molecular weight excluding hydrogens is 454 g/mol. The molecule has 1 aliphatic rings. The Morgan fingerprint density at radius 2 is 1.87 bits per heavy atom. The van der Waals surface area contributed by atoms with Gasteiger partial charge in [-0.25, -0.2) is 0 Å². The van der Waals surface area contributed by atoms with Crippen molar-refractivity contribution in [2.24, 2.45) is 10.1 Å². The first-order valence-corrected chi connectivity index (χ1v) is 9.83. The molecule has 3 rings (SSSR count). The number of carbonyl (C=O) groups is 1. The van der Waals surface area contributed by atoms with Crippen LogP contribution in [0.5, 0.6) is 0 Å². The lowest BCUT2D eigenvalue weighted by atomic mass is 9.85. The van der Waals surface area contributed by atoms with Crippen molar-refractivity contribution in [2.75, 3.05) is 14.1 Å². The maximum absolute atomic E-state index is 14.2. The number of amides is 1. The lowest BCUT2D eigenvalue weighted by molar-refractivity contribution is -0.275. The molecule has 1 heterocycles. The zero-order chi connectivity index (χ0) is 23.0. The zero-order valence-electron chi connectivity index (χ0n) is 16.8. The molecule has 31 heavy (non-hydrogen) atoms. The third-order valence-electron chi connectivity index (χ3n) is 4.80. The Kier molecular flexibility index (Phi) is 6.34. The molecular formula is C21H18Cl2F3N3O2. The normalized spacial score (nSPS) is 18.8. The van der Waals surface area contributed by atoms with Gasteiger partial charge in [-0.3, -0.25) is 4.79 Å². The van der Waals surface area contributed by atoms with Crippen LogP contribution in [0.3, 0.4) is 0 Å². The molecule has 0 saturated heterocycles. The second-order valence-corrected chi connectivity index (χ2v) is 8.15. The minimum Gasteiger partial charge on any atom is -0.374 e. The molecule has 2 aromatic rings. The van der Waals surface area contributed by atoms with Gasteiger partial charge in [0.25, 0.3) is 11.5 Å². The molecule has 0 fully saturated rings. The summed E-state index contributed by atoms with van der Waals surface area (Å²) in [5, 5.41) is 3.84. The molecule has 164 valence electrons. The third kappa shape index (κ3) is 4.55. The van der Waals surface area contributed by atoms with Gasteiger partial charge in [-0.15, -0.1) is 0 Å². The van der Waals surface area contributed by atoms with Gasteiger partial charge in [-0.2, -0.15) is 18.2 Å². The predicted molar refractivity (Wildman–Crippen MR) is 114 cm³/mol. The van der Waals surface area contributed by atoms with Crippen LogP contribution in [-0.2, 0) is 10.4 Å². The fraction of sp³-hybridized carbons (Fsp3) is 0.286. The molecule has 0 spiro atoms. The second kappa shape index (κ2) is 8.51. The average molecular weight is 472 g/mol. The highest BCUT2D eigenvalue weighted by molar-refractivity contribution is 6.34. The quantitative estimate of drug-likeness (QED) is 0.429. The van der Waals surface area contributed by atoms with E-state index in [4.69, 9.17) is 28.0 Å². The van der Waals surface area contributed by atoms with Crippen molar-refractivity contribution < 1.29 is 22.8 Å². The molecule has 1 amide bonds. The van der Waals surface area contributed by atoms with Crippen LogP contribution in [0.1, 0.15) is 33.5 Å². The summed E-state index contributed by atoms with van der Waals surface area (Å²) in [5.74, 6) is -0.517. The molecule has 1 aliphatic heterocycles. The second-order valence-electron chi connectivity index (χ2n) is 7.28. The number of rotatable bonds is 4. The molecule has 2 aromatic carbocycles. The van der Waals surface area contributed by atoms with E-state index in [-0.39, 0.29) is 26.9 Å². The van der Waals surface area contributed by atoms with Crippen LogP contribution in [0.4, 0.5) is 13.2 Å². The average Bonchev–Trinajstić information content (AvgIpc) is 3.12. The molecule has 0 radical (unpaired) electrons. The van der Waals surface area contributed by atoms with E-state index in [1.54, 1.807) is 44.1 Å². The fourth-order valence-corrected chi connectivity index (χ4v) is 3.78. The summed E-state index contributed by atoms with van der Waals surface area (Å²) in [6.07, 6.45) is -4.06. The number of halogens is 5. The summed E-state index contributed by atoms with van der Waals surface area (Å²) in [6, 6.07) is 8.35. The monoisotopic (exact) mass is 471 g/mol. The Morgan fingerprint density at radius 1 is 1.23 bits per heavy atom. The molecule has 1 unspecified atom stereocenters. The predicted octanol–water partition coefficient (Wildman–Crippen LogP) is 5.61. The molecule has 10 heteroatoms. The number of hydrogen-bond donors (Lipinski definition) is 0. The van der Waals surface area contributed by atoms with E-state index in [9.17, 15) is 18.0 Å². The number of benzene rings is 2. The third-order valence-corrected chi connectivity index (χ3v) is 5.23. The van der Waals surface area contributed by atoms with Gasteiger partial charge < -0.3 is 9.74 Å². The minimum atomic E-state index is -4.80. The van der Waals surface area contributed by atoms with Crippen molar-refractivity contribution in [1.82, 2.24) is 4.90 Å². The topological polar surface area (TPSA) is 54.3 Å². The first kappa shape index (κ1) is 23.1. The van der Waals surface area contributed by atoms with Crippen molar-refractivity contribution in [3.8, 4) is 0 Å². The minimum absolute atomic E-state index is 0.0469. The maximum Gasteiger partial charge on any atom is 0.435 e. The lowest BCUT2D eigenvalue weighted by Gasteiger charge is -2.29.